The maximum atomic E-state index is 5.03. The monoisotopic (exact) mass is 400 g/mol. The molecule has 0 bridgehead atoms. The molecule has 0 spiro atoms. The first-order valence-corrected chi connectivity index (χ1v) is 10.8. The third-order valence-electron chi connectivity index (χ3n) is 6.07. The Morgan fingerprint density at radius 3 is 2.43 bits per heavy atom. The predicted molar refractivity (Wildman–Crippen MR) is 119 cm³/mol. The van der Waals surface area contributed by atoms with Crippen LogP contribution in [0.1, 0.15) is 16.8 Å². The Kier molecular flexibility index (Phi) is 5.43. The van der Waals surface area contributed by atoms with E-state index in [1.165, 1.54) is 11.1 Å². The Bertz CT molecular complexity index is 983. The molecule has 1 saturated heterocycles. The van der Waals surface area contributed by atoms with Gasteiger partial charge in [0.05, 0.1) is 5.69 Å². The fourth-order valence-electron chi connectivity index (χ4n) is 4.33. The van der Waals surface area contributed by atoms with E-state index in [4.69, 9.17) is 9.97 Å². The summed E-state index contributed by atoms with van der Waals surface area (Å²) < 4.78 is 0. The number of anilines is 1. The van der Waals surface area contributed by atoms with Gasteiger partial charge in [0.25, 0.3) is 0 Å². The van der Waals surface area contributed by atoms with Gasteiger partial charge in [-0.2, -0.15) is 0 Å². The van der Waals surface area contributed by atoms with Crippen LogP contribution in [0.3, 0.4) is 0 Å². The van der Waals surface area contributed by atoms with Gasteiger partial charge in [0, 0.05) is 57.6 Å². The molecule has 6 heteroatoms. The fourth-order valence-corrected chi connectivity index (χ4v) is 4.33. The molecule has 0 atom stereocenters. The van der Waals surface area contributed by atoms with Crippen LogP contribution < -0.4 is 4.90 Å². The molecule has 154 valence electrons. The quantitative estimate of drug-likeness (QED) is 0.671. The van der Waals surface area contributed by atoms with E-state index in [-0.39, 0.29) is 0 Å². The van der Waals surface area contributed by atoms with Crippen LogP contribution in [-0.2, 0) is 19.5 Å². The number of likely N-dealkylation sites (N-methyl/N-ethyl adjacent to an activating group) is 1. The Morgan fingerprint density at radius 2 is 1.67 bits per heavy atom. The second-order valence-electron chi connectivity index (χ2n) is 8.25. The van der Waals surface area contributed by atoms with Gasteiger partial charge in [-0.1, -0.05) is 36.4 Å². The molecular weight excluding hydrogens is 372 g/mol. The van der Waals surface area contributed by atoms with Gasteiger partial charge in [-0.25, -0.2) is 9.97 Å². The van der Waals surface area contributed by atoms with Crippen LogP contribution in [-0.4, -0.2) is 64.5 Å². The van der Waals surface area contributed by atoms with Gasteiger partial charge in [0.15, 0.2) is 5.82 Å². The van der Waals surface area contributed by atoms with Gasteiger partial charge in [-0.05, 0) is 31.2 Å². The summed E-state index contributed by atoms with van der Waals surface area (Å²) in [4.78, 5) is 21.9. The number of piperazine rings is 1. The van der Waals surface area contributed by atoms with Crippen molar-refractivity contribution in [3.8, 4) is 11.5 Å². The molecule has 5 rings (SSSR count). The van der Waals surface area contributed by atoms with Crippen molar-refractivity contribution in [3.05, 3.63) is 71.5 Å². The lowest BCUT2D eigenvalue weighted by Gasteiger charge is -2.36. The highest BCUT2D eigenvalue weighted by atomic mass is 15.3. The zero-order chi connectivity index (χ0) is 20.3. The molecule has 0 N–H and O–H groups in total. The van der Waals surface area contributed by atoms with Gasteiger partial charge in [0.2, 0.25) is 0 Å². The van der Waals surface area contributed by atoms with Crippen molar-refractivity contribution in [2.45, 2.75) is 19.5 Å². The van der Waals surface area contributed by atoms with Crippen molar-refractivity contribution in [2.24, 2.45) is 0 Å². The number of hydrogen-bond donors (Lipinski definition) is 0. The molecule has 2 aromatic heterocycles. The minimum atomic E-state index is 0.741. The minimum Gasteiger partial charge on any atom is -0.354 e. The molecule has 30 heavy (non-hydrogen) atoms. The molecule has 0 saturated carbocycles. The van der Waals surface area contributed by atoms with Crippen LogP contribution in [0.4, 0.5) is 5.82 Å². The summed E-state index contributed by atoms with van der Waals surface area (Å²) in [6.45, 7) is 7.00. The molecular formula is C24H28N6. The van der Waals surface area contributed by atoms with Crippen LogP contribution in [0.2, 0.25) is 0 Å². The third kappa shape index (κ3) is 4.06. The number of benzene rings is 1. The van der Waals surface area contributed by atoms with Gasteiger partial charge < -0.3 is 9.80 Å². The summed E-state index contributed by atoms with van der Waals surface area (Å²) >= 11 is 0. The summed E-state index contributed by atoms with van der Waals surface area (Å²) in [6, 6.07) is 16.6. The average Bonchev–Trinajstić information content (AvgIpc) is 2.80. The van der Waals surface area contributed by atoms with Crippen molar-refractivity contribution >= 4 is 5.82 Å². The van der Waals surface area contributed by atoms with E-state index in [9.17, 15) is 0 Å². The predicted octanol–water partition coefficient (Wildman–Crippen LogP) is 2.85. The highest BCUT2D eigenvalue weighted by Gasteiger charge is 2.27. The Hall–Kier alpha value is -2.83. The molecule has 2 aliphatic heterocycles. The Morgan fingerprint density at radius 1 is 0.867 bits per heavy atom. The highest BCUT2D eigenvalue weighted by molar-refractivity contribution is 5.58. The standard InChI is InChI=1S/C24H28N6/c1-28-13-15-30(16-14-28)24-20-10-12-29(17-19-7-3-2-4-8-19)18-22(20)26-23(27-24)21-9-5-6-11-25-21/h2-9,11H,10,12-18H2,1H3. The first-order chi connectivity index (χ1) is 14.8. The van der Waals surface area contributed by atoms with Gasteiger partial charge in [-0.3, -0.25) is 9.88 Å². The molecule has 1 fully saturated rings. The number of rotatable bonds is 4. The molecule has 4 heterocycles. The zero-order valence-corrected chi connectivity index (χ0v) is 17.5. The lowest BCUT2D eigenvalue weighted by Crippen LogP contribution is -2.45. The van der Waals surface area contributed by atoms with Gasteiger partial charge in [0.1, 0.15) is 11.5 Å². The number of fused-ring (bicyclic) bond motifs is 1. The summed E-state index contributed by atoms with van der Waals surface area (Å²) in [7, 11) is 2.19. The molecule has 1 aromatic carbocycles. The van der Waals surface area contributed by atoms with E-state index in [2.05, 4.69) is 57.1 Å². The lowest BCUT2D eigenvalue weighted by atomic mass is 10.0. The molecule has 0 aliphatic carbocycles. The first kappa shape index (κ1) is 19.2. The van der Waals surface area contributed by atoms with Crippen LogP contribution in [0.25, 0.3) is 11.5 Å². The SMILES string of the molecule is CN1CCN(c2nc(-c3ccccn3)nc3c2CCN(Cc2ccccc2)C3)CC1. The first-order valence-electron chi connectivity index (χ1n) is 10.8. The molecule has 6 nitrogen and oxygen atoms in total. The fraction of sp³-hybridized carbons (Fsp3) is 0.375. The average molecular weight is 401 g/mol. The van der Waals surface area contributed by atoms with E-state index in [0.717, 1.165) is 75.3 Å². The summed E-state index contributed by atoms with van der Waals surface area (Å²) in [5.41, 5.74) is 4.67. The maximum Gasteiger partial charge on any atom is 0.180 e. The second kappa shape index (κ2) is 8.50. The lowest BCUT2D eigenvalue weighted by molar-refractivity contribution is 0.241. The second-order valence-corrected chi connectivity index (χ2v) is 8.25. The van der Waals surface area contributed by atoms with Gasteiger partial charge >= 0.3 is 0 Å². The smallest absolute Gasteiger partial charge is 0.180 e. The van der Waals surface area contributed by atoms with Crippen LogP contribution in [0.5, 0.6) is 0 Å². The number of nitrogens with zero attached hydrogens (tertiary/aromatic N) is 6. The molecule has 3 aromatic rings. The van der Waals surface area contributed by atoms with Crippen LogP contribution in [0, 0.1) is 0 Å². The van der Waals surface area contributed by atoms with E-state index in [1.807, 2.05) is 24.4 Å². The van der Waals surface area contributed by atoms with E-state index < -0.39 is 0 Å². The number of pyridine rings is 1. The normalized spacial score (nSPS) is 17.7. The van der Waals surface area contributed by atoms with Crippen molar-refractivity contribution in [2.75, 3.05) is 44.7 Å². The van der Waals surface area contributed by atoms with Crippen LogP contribution in [0.15, 0.2) is 54.7 Å². The molecule has 0 radical (unpaired) electrons. The molecule has 2 aliphatic rings. The number of hydrogen-bond acceptors (Lipinski definition) is 6. The van der Waals surface area contributed by atoms with E-state index >= 15 is 0 Å². The van der Waals surface area contributed by atoms with E-state index in [1.54, 1.807) is 0 Å². The highest BCUT2D eigenvalue weighted by Crippen LogP contribution is 2.30. The van der Waals surface area contributed by atoms with Crippen molar-refractivity contribution in [3.63, 3.8) is 0 Å². The Balaban J connectivity index is 1.48. The van der Waals surface area contributed by atoms with Crippen LogP contribution >= 0.6 is 0 Å². The Labute approximate surface area is 178 Å². The molecule has 0 unspecified atom stereocenters. The topological polar surface area (TPSA) is 48.4 Å². The maximum absolute atomic E-state index is 5.03. The number of aromatic nitrogens is 3. The van der Waals surface area contributed by atoms with Crippen molar-refractivity contribution < 1.29 is 0 Å². The van der Waals surface area contributed by atoms with Crippen molar-refractivity contribution in [1.29, 1.82) is 0 Å². The van der Waals surface area contributed by atoms with Gasteiger partial charge in [-0.15, -0.1) is 0 Å². The largest absolute Gasteiger partial charge is 0.354 e. The van der Waals surface area contributed by atoms with Crippen molar-refractivity contribution in [1.82, 2.24) is 24.8 Å². The van der Waals surface area contributed by atoms with E-state index in [0.29, 0.717) is 0 Å². The zero-order valence-electron chi connectivity index (χ0n) is 17.5. The summed E-state index contributed by atoms with van der Waals surface area (Å²) in [6.07, 6.45) is 2.81. The molecule has 0 amide bonds. The minimum absolute atomic E-state index is 0.741. The summed E-state index contributed by atoms with van der Waals surface area (Å²) in [5.74, 6) is 1.86. The third-order valence-corrected chi connectivity index (χ3v) is 6.07. The summed E-state index contributed by atoms with van der Waals surface area (Å²) in [5, 5.41) is 0.